The van der Waals surface area contributed by atoms with E-state index in [9.17, 15) is 0 Å². The lowest BCUT2D eigenvalue weighted by Crippen LogP contribution is -2.44. The third kappa shape index (κ3) is 3.34. The number of benzene rings is 1. The molecule has 0 spiro atoms. The van der Waals surface area contributed by atoms with Crippen LogP contribution in [0, 0.1) is 5.92 Å². The van der Waals surface area contributed by atoms with E-state index in [0.717, 1.165) is 12.0 Å². The Bertz CT molecular complexity index is 452. The zero-order valence-electron chi connectivity index (χ0n) is 13.4. The molecule has 0 amide bonds. The minimum Gasteiger partial charge on any atom is -0.380 e. The van der Waals surface area contributed by atoms with E-state index in [2.05, 4.69) is 53.9 Å². The largest absolute Gasteiger partial charge is 0.380 e. The van der Waals surface area contributed by atoms with E-state index in [4.69, 9.17) is 0 Å². The molecule has 2 fully saturated rings. The predicted octanol–water partition coefficient (Wildman–Crippen LogP) is 3.48. The molecule has 0 bridgehead atoms. The van der Waals surface area contributed by atoms with Crippen LogP contribution in [0.3, 0.4) is 0 Å². The van der Waals surface area contributed by atoms with E-state index in [1.54, 1.807) is 0 Å². The molecule has 1 saturated carbocycles. The number of rotatable bonds is 4. The summed E-state index contributed by atoms with van der Waals surface area (Å²) < 4.78 is 0. The van der Waals surface area contributed by atoms with Crippen molar-refractivity contribution in [2.24, 2.45) is 5.92 Å². The molecule has 1 aliphatic heterocycles. The summed E-state index contributed by atoms with van der Waals surface area (Å²) in [4.78, 5) is 2.20. The Morgan fingerprint density at radius 2 is 1.90 bits per heavy atom. The Morgan fingerprint density at radius 1 is 1.05 bits per heavy atom. The molecule has 1 saturated heterocycles. The van der Waals surface area contributed by atoms with Gasteiger partial charge in [0.2, 0.25) is 0 Å². The predicted molar refractivity (Wildman–Crippen MR) is 91.2 cm³/mol. The van der Waals surface area contributed by atoms with E-state index in [1.165, 1.54) is 56.4 Å². The fraction of sp³-hybridized carbons (Fsp3) is 0.667. The lowest BCUT2D eigenvalue weighted by atomic mass is 9.88. The van der Waals surface area contributed by atoms with Crippen LogP contribution in [0.5, 0.6) is 0 Å². The second-order valence-corrected chi connectivity index (χ2v) is 6.81. The molecule has 116 valence electrons. The fourth-order valence-electron chi connectivity index (χ4n) is 4.08. The van der Waals surface area contributed by atoms with Crippen LogP contribution in [0.15, 0.2) is 24.3 Å². The summed E-state index contributed by atoms with van der Waals surface area (Å²) in [5.74, 6) is 0.792. The van der Waals surface area contributed by atoms with Crippen LogP contribution in [-0.4, -0.2) is 32.7 Å². The Hall–Kier alpha value is -1.22. The number of hydrogen-bond acceptors (Lipinski definition) is 3. The number of piperidine rings is 1. The van der Waals surface area contributed by atoms with Crippen LogP contribution < -0.4 is 15.5 Å². The first-order valence-corrected chi connectivity index (χ1v) is 8.52. The first-order chi connectivity index (χ1) is 10.3. The molecule has 3 unspecified atom stereocenters. The molecule has 2 aliphatic rings. The van der Waals surface area contributed by atoms with Gasteiger partial charge in [-0.15, -0.1) is 0 Å². The van der Waals surface area contributed by atoms with Gasteiger partial charge >= 0.3 is 0 Å². The third-order valence-electron chi connectivity index (χ3n) is 5.16. The van der Waals surface area contributed by atoms with Gasteiger partial charge < -0.3 is 15.5 Å². The van der Waals surface area contributed by atoms with Crippen molar-refractivity contribution < 1.29 is 0 Å². The molecule has 3 heteroatoms. The Balaban J connectivity index is 1.71. The molecule has 1 heterocycles. The normalized spacial score (nSPS) is 29.3. The van der Waals surface area contributed by atoms with Crippen LogP contribution in [-0.2, 0) is 0 Å². The van der Waals surface area contributed by atoms with Gasteiger partial charge in [0.1, 0.15) is 0 Å². The molecule has 1 aromatic rings. The molecule has 3 atom stereocenters. The average Bonchev–Trinajstić information content (AvgIpc) is 2.96. The van der Waals surface area contributed by atoms with Crippen molar-refractivity contribution in [2.45, 2.75) is 50.6 Å². The van der Waals surface area contributed by atoms with Gasteiger partial charge in [-0.2, -0.15) is 0 Å². The lowest BCUT2D eigenvalue weighted by Gasteiger charge is -2.34. The van der Waals surface area contributed by atoms with Gasteiger partial charge in [-0.05, 0) is 50.3 Å². The Labute approximate surface area is 129 Å². The van der Waals surface area contributed by atoms with E-state index < -0.39 is 0 Å². The molecule has 0 aromatic heterocycles. The highest BCUT2D eigenvalue weighted by Crippen LogP contribution is 2.35. The zero-order valence-corrected chi connectivity index (χ0v) is 13.4. The zero-order chi connectivity index (χ0) is 14.7. The van der Waals surface area contributed by atoms with Crippen molar-refractivity contribution in [1.29, 1.82) is 0 Å². The van der Waals surface area contributed by atoms with Crippen LogP contribution in [0.1, 0.15) is 38.5 Å². The molecule has 21 heavy (non-hydrogen) atoms. The molecule has 3 rings (SSSR count). The summed E-state index contributed by atoms with van der Waals surface area (Å²) in [6.45, 7) is 1.21. The van der Waals surface area contributed by atoms with Gasteiger partial charge in [-0.25, -0.2) is 0 Å². The summed E-state index contributed by atoms with van der Waals surface area (Å²) in [5.41, 5.74) is 2.58. The van der Waals surface area contributed by atoms with Gasteiger partial charge in [0.05, 0.1) is 11.4 Å². The second-order valence-electron chi connectivity index (χ2n) is 6.81. The first kappa shape index (κ1) is 14.7. The number of nitrogens with one attached hydrogen (secondary N) is 2. The molecule has 3 nitrogen and oxygen atoms in total. The van der Waals surface area contributed by atoms with Crippen molar-refractivity contribution in [3.8, 4) is 0 Å². The molecule has 2 N–H and O–H groups in total. The van der Waals surface area contributed by atoms with Crippen molar-refractivity contribution in [1.82, 2.24) is 5.32 Å². The summed E-state index contributed by atoms with van der Waals surface area (Å²) in [6, 6.07) is 10.0. The van der Waals surface area contributed by atoms with Crippen molar-refractivity contribution in [3.05, 3.63) is 24.3 Å². The van der Waals surface area contributed by atoms with Crippen LogP contribution in [0.25, 0.3) is 0 Å². The van der Waals surface area contributed by atoms with Crippen LogP contribution in [0.4, 0.5) is 11.4 Å². The van der Waals surface area contributed by atoms with Gasteiger partial charge in [0, 0.05) is 26.2 Å². The van der Waals surface area contributed by atoms with Crippen LogP contribution in [0.2, 0.25) is 0 Å². The van der Waals surface area contributed by atoms with Gasteiger partial charge in [0.25, 0.3) is 0 Å². The highest BCUT2D eigenvalue weighted by Gasteiger charge is 2.34. The first-order valence-electron chi connectivity index (χ1n) is 8.52. The molecule has 1 aromatic carbocycles. The van der Waals surface area contributed by atoms with Crippen molar-refractivity contribution in [2.75, 3.05) is 30.9 Å². The monoisotopic (exact) mass is 287 g/mol. The molecule has 1 aliphatic carbocycles. The Morgan fingerprint density at radius 3 is 2.67 bits per heavy atom. The van der Waals surface area contributed by atoms with Crippen molar-refractivity contribution in [3.63, 3.8) is 0 Å². The van der Waals surface area contributed by atoms with E-state index in [-0.39, 0.29) is 0 Å². The maximum atomic E-state index is 3.86. The van der Waals surface area contributed by atoms with E-state index in [1.807, 2.05) is 0 Å². The topological polar surface area (TPSA) is 27.3 Å². The summed E-state index contributed by atoms with van der Waals surface area (Å²) in [7, 11) is 4.24. The van der Waals surface area contributed by atoms with Gasteiger partial charge in [-0.1, -0.05) is 25.0 Å². The Kier molecular flexibility index (Phi) is 4.69. The standard InChI is InChI=1S/C18H29N3/c1-21(2)18-12-4-3-10-17(18)20-16-11-7-8-14(16)15-9-5-6-13-19-15/h3-4,10,12,14-16,19-20H,5-9,11,13H2,1-2H3. The third-order valence-corrected chi connectivity index (χ3v) is 5.16. The number of anilines is 2. The lowest BCUT2D eigenvalue weighted by molar-refractivity contribution is 0.286. The maximum absolute atomic E-state index is 3.86. The smallest absolute Gasteiger partial charge is 0.0596 e. The van der Waals surface area contributed by atoms with Gasteiger partial charge in [0.15, 0.2) is 0 Å². The van der Waals surface area contributed by atoms with Crippen molar-refractivity contribution >= 4 is 11.4 Å². The number of para-hydroxylation sites is 2. The molecule has 0 radical (unpaired) electrons. The SMILES string of the molecule is CN(C)c1ccccc1NC1CCCC1C1CCCCN1. The average molecular weight is 287 g/mol. The fourth-order valence-corrected chi connectivity index (χ4v) is 4.08. The summed E-state index contributed by atoms with van der Waals surface area (Å²) >= 11 is 0. The molecular formula is C18H29N3. The van der Waals surface area contributed by atoms with E-state index in [0.29, 0.717) is 6.04 Å². The number of hydrogen-bond donors (Lipinski definition) is 2. The number of nitrogens with zero attached hydrogens (tertiary/aromatic N) is 1. The summed E-state index contributed by atoms with van der Waals surface area (Å²) in [6.07, 6.45) is 8.16. The van der Waals surface area contributed by atoms with Gasteiger partial charge in [-0.3, -0.25) is 0 Å². The second kappa shape index (κ2) is 6.69. The highest BCUT2D eigenvalue weighted by molar-refractivity contribution is 5.69. The minimum absolute atomic E-state index is 0.627. The highest BCUT2D eigenvalue weighted by atomic mass is 15.1. The van der Waals surface area contributed by atoms with Crippen LogP contribution >= 0.6 is 0 Å². The minimum atomic E-state index is 0.627. The summed E-state index contributed by atoms with van der Waals surface area (Å²) in [5, 5.41) is 7.62. The molecular weight excluding hydrogens is 258 g/mol. The maximum Gasteiger partial charge on any atom is 0.0596 e. The van der Waals surface area contributed by atoms with E-state index >= 15 is 0 Å². The quantitative estimate of drug-likeness (QED) is 0.888.